The number of halogens is 1. The molecule has 6 rings (SSSR count). The topological polar surface area (TPSA) is 109 Å². The number of para-hydroxylation sites is 1. The van der Waals surface area contributed by atoms with Gasteiger partial charge in [-0.3, -0.25) is 19.2 Å². The largest absolute Gasteiger partial charge is 0.484 e. The van der Waals surface area contributed by atoms with Crippen LogP contribution < -0.4 is 19.8 Å². The van der Waals surface area contributed by atoms with Gasteiger partial charge in [0.05, 0.1) is 16.6 Å². The van der Waals surface area contributed by atoms with E-state index in [-0.39, 0.29) is 17.4 Å². The molecule has 0 radical (unpaired) electrons. The number of amides is 3. The number of thioether (sulfide) groups is 1. The smallest absolute Gasteiger partial charge is 0.305 e. The predicted octanol–water partition coefficient (Wildman–Crippen LogP) is 4.70. The molecule has 3 amide bonds. The van der Waals surface area contributed by atoms with Crippen LogP contribution in [-0.2, 0) is 14.4 Å². The fraction of sp³-hybridized carbons (Fsp3) is 0.172. The van der Waals surface area contributed by atoms with Gasteiger partial charge in [0.25, 0.3) is 5.91 Å². The Kier molecular flexibility index (Phi) is 6.77. The first-order valence-electron chi connectivity index (χ1n) is 12.4. The first-order chi connectivity index (χ1) is 19.3. The molecule has 3 heterocycles. The number of nitrogens with zero attached hydrogens (tertiary/aromatic N) is 1. The summed E-state index contributed by atoms with van der Waals surface area (Å²) < 4.78 is 19.3. The summed E-state index contributed by atoms with van der Waals surface area (Å²) in [5.41, 5.74) is 2.58. The fourth-order valence-corrected chi connectivity index (χ4v) is 7.58. The second kappa shape index (κ2) is 10.4. The zero-order valence-electron chi connectivity index (χ0n) is 21.1. The first-order valence-corrected chi connectivity index (χ1v) is 14.1. The monoisotopic (exact) mass is 575 g/mol. The molecule has 0 spiro atoms. The molecule has 3 unspecified atom stereocenters. The minimum absolute atomic E-state index is 0.233. The highest BCUT2D eigenvalue weighted by atomic mass is 32.2. The number of fused-ring (bicyclic) bond motifs is 2. The standard InChI is InChI=1S/C29H22FN3O5S2/c1-15-5-2-3-8-20(15)31-21(34)14-38-19-7-4-6-16(13-19)22-23-25(39-26-24(22)40-29(37)32-26)28(36)33(27(23)35)18-11-9-17(30)10-12-18/h2-13,22-23,25H,14H2,1H3,(H,31,34)(H,32,37). The summed E-state index contributed by atoms with van der Waals surface area (Å²) >= 11 is 2.17. The van der Waals surface area contributed by atoms with Gasteiger partial charge in [-0.05, 0) is 60.5 Å². The van der Waals surface area contributed by atoms with E-state index in [1.165, 1.54) is 36.0 Å². The van der Waals surface area contributed by atoms with Gasteiger partial charge in [-0.15, -0.1) is 0 Å². The maximum Gasteiger partial charge on any atom is 0.305 e. The van der Waals surface area contributed by atoms with Crippen LogP contribution in [0.25, 0.3) is 0 Å². The Bertz CT molecular complexity index is 1700. The molecule has 0 saturated carbocycles. The lowest BCUT2D eigenvalue weighted by molar-refractivity contribution is -0.122. The summed E-state index contributed by atoms with van der Waals surface area (Å²) in [6, 6.07) is 19.6. The molecule has 2 N–H and O–H groups in total. The number of imide groups is 1. The van der Waals surface area contributed by atoms with Crippen LogP contribution in [0.2, 0.25) is 0 Å². The second-order valence-electron chi connectivity index (χ2n) is 9.46. The van der Waals surface area contributed by atoms with E-state index in [1.807, 2.05) is 31.2 Å². The maximum atomic E-state index is 13.8. The van der Waals surface area contributed by atoms with Crippen LogP contribution in [-0.4, -0.2) is 34.6 Å². The van der Waals surface area contributed by atoms with E-state index in [0.717, 1.165) is 21.8 Å². The third kappa shape index (κ3) is 4.71. The molecule has 0 bridgehead atoms. The molecule has 2 aliphatic rings. The fourth-order valence-electron chi connectivity index (χ4n) is 5.07. The summed E-state index contributed by atoms with van der Waals surface area (Å²) in [4.78, 5) is 56.4. The SMILES string of the molecule is Cc1ccccc1NC(=O)COc1cccc(C2c3sc(=O)[nH]c3SC3C(=O)N(c4ccc(F)cc4)C(=O)C32)c1. The molecule has 3 aromatic carbocycles. The van der Waals surface area contributed by atoms with Crippen LogP contribution >= 0.6 is 23.1 Å². The first kappa shape index (κ1) is 26.0. The molecule has 2 aliphatic heterocycles. The second-order valence-corrected chi connectivity index (χ2v) is 11.6. The number of thiazole rings is 1. The van der Waals surface area contributed by atoms with Crippen molar-refractivity contribution in [2.45, 2.75) is 23.1 Å². The maximum absolute atomic E-state index is 13.8. The molecular formula is C29H22FN3O5S2. The van der Waals surface area contributed by atoms with Gasteiger partial charge in [0.2, 0.25) is 11.8 Å². The third-order valence-corrected chi connectivity index (χ3v) is 9.32. The van der Waals surface area contributed by atoms with Gasteiger partial charge in [0, 0.05) is 16.5 Å². The number of hydrogen-bond acceptors (Lipinski definition) is 7. The predicted molar refractivity (Wildman–Crippen MR) is 151 cm³/mol. The normalized spacial score (nSPS) is 19.8. The molecule has 1 saturated heterocycles. The Morgan fingerprint density at radius 3 is 2.58 bits per heavy atom. The van der Waals surface area contributed by atoms with Crippen molar-refractivity contribution in [3.05, 3.63) is 104 Å². The van der Waals surface area contributed by atoms with E-state index in [1.54, 1.807) is 24.3 Å². The van der Waals surface area contributed by atoms with Crippen LogP contribution in [0.5, 0.6) is 5.75 Å². The van der Waals surface area contributed by atoms with Gasteiger partial charge in [-0.25, -0.2) is 9.29 Å². The van der Waals surface area contributed by atoms with E-state index < -0.39 is 34.7 Å². The lowest BCUT2D eigenvalue weighted by Gasteiger charge is -2.30. The number of anilines is 2. The van der Waals surface area contributed by atoms with Gasteiger partial charge in [0.15, 0.2) is 6.61 Å². The molecule has 3 atom stereocenters. The van der Waals surface area contributed by atoms with Crippen molar-refractivity contribution in [2.24, 2.45) is 5.92 Å². The Morgan fingerprint density at radius 2 is 1.80 bits per heavy atom. The van der Waals surface area contributed by atoms with Gasteiger partial charge >= 0.3 is 4.87 Å². The molecule has 11 heteroatoms. The molecule has 4 aromatic rings. The minimum Gasteiger partial charge on any atom is -0.484 e. The van der Waals surface area contributed by atoms with Crippen molar-refractivity contribution in [1.82, 2.24) is 4.98 Å². The van der Waals surface area contributed by atoms with Crippen molar-refractivity contribution in [3.63, 3.8) is 0 Å². The van der Waals surface area contributed by atoms with Crippen LogP contribution in [0.15, 0.2) is 82.6 Å². The number of carbonyl (C=O) groups is 3. The van der Waals surface area contributed by atoms with E-state index in [0.29, 0.717) is 32.6 Å². The number of aryl methyl sites for hydroxylation is 1. The number of aromatic nitrogens is 1. The van der Waals surface area contributed by atoms with Crippen LogP contribution in [0.4, 0.5) is 15.8 Å². The molecule has 1 aromatic heterocycles. The average Bonchev–Trinajstić information content (AvgIpc) is 3.43. The third-order valence-electron chi connectivity index (χ3n) is 6.92. The highest BCUT2D eigenvalue weighted by Gasteiger charge is 2.56. The van der Waals surface area contributed by atoms with E-state index in [4.69, 9.17) is 4.74 Å². The minimum atomic E-state index is -0.791. The summed E-state index contributed by atoms with van der Waals surface area (Å²) in [6.45, 7) is 1.66. The van der Waals surface area contributed by atoms with Gasteiger partial charge < -0.3 is 15.0 Å². The lowest BCUT2D eigenvalue weighted by Crippen LogP contribution is -2.32. The number of nitrogens with one attached hydrogen (secondary N) is 2. The van der Waals surface area contributed by atoms with E-state index in [2.05, 4.69) is 10.3 Å². The quantitative estimate of drug-likeness (QED) is 0.323. The van der Waals surface area contributed by atoms with Crippen molar-refractivity contribution in [2.75, 3.05) is 16.8 Å². The number of aromatic amines is 1. The summed E-state index contributed by atoms with van der Waals surface area (Å²) in [7, 11) is 0. The summed E-state index contributed by atoms with van der Waals surface area (Å²) in [5, 5.41) is 2.60. The van der Waals surface area contributed by atoms with Crippen molar-refractivity contribution in [3.8, 4) is 5.75 Å². The lowest BCUT2D eigenvalue weighted by atomic mass is 9.83. The average molecular weight is 576 g/mol. The van der Waals surface area contributed by atoms with E-state index in [9.17, 15) is 23.6 Å². The van der Waals surface area contributed by atoms with Crippen LogP contribution in [0.1, 0.15) is 21.9 Å². The van der Waals surface area contributed by atoms with Crippen molar-refractivity contribution in [1.29, 1.82) is 0 Å². The van der Waals surface area contributed by atoms with Crippen LogP contribution in [0.3, 0.4) is 0 Å². The Labute approximate surface area is 236 Å². The number of H-pyrrole nitrogens is 1. The number of hydrogen-bond donors (Lipinski definition) is 2. The van der Waals surface area contributed by atoms with Crippen LogP contribution in [0, 0.1) is 18.7 Å². The number of ether oxygens (including phenoxy) is 1. The summed E-state index contributed by atoms with van der Waals surface area (Å²) in [6.07, 6.45) is 0. The van der Waals surface area contributed by atoms with Gasteiger partial charge in [-0.1, -0.05) is 53.4 Å². The molecule has 8 nitrogen and oxygen atoms in total. The number of rotatable bonds is 6. The molecule has 40 heavy (non-hydrogen) atoms. The Morgan fingerprint density at radius 1 is 1.02 bits per heavy atom. The molecule has 0 aliphatic carbocycles. The van der Waals surface area contributed by atoms with Crippen molar-refractivity contribution < 1.29 is 23.5 Å². The molecule has 202 valence electrons. The number of benzene rings is 3. The Hall–Kier alpha value is -4.22. The molecular weight excluding hydrogens is 553 g/mol. The van der Waals surface area contributed by atoms with Gasteiger partial charge in [-0.2, -0.15) is 0 Å². The highest BCUT2D eigenvalue weighted by molar-refractivity contribution is 8.00. The summed E-state index contributed by atoms with van der Waals surface area (Å²) in [5.74, 6) is -2.63. The number of carbonyl (C=O) groups excluding carboxylic acids is 3. The van der Waals surface area contributed by atoms with E-state index >= 15 is 0 Å². The Balaban J connectivity index is 1.29. The van der Waals surface area contributed by atoms with Gasteiger partial charge in [0.1, 0.15) is 16.8 Å². The zero-order chi connectivity index (χ0) is 28.0. The zero-order valence-corrected chi connectivity index (χ0v) is 22.7. The van der Waals surface area contributed by atoms with Crippen molar-refractivity contribution >= 4 is 52.2 Å². The highest BCUT2D eigenvalue weighted by Crippen LogP contribution is 2.53. The molecule has 1 fully saturated rings.